The molecule has 2 rings (SSSR count). The van der Waals surface area contributed by atoms with E-state index in [0.717, 1.165) is 43.9 Å². The Morgan fingerprint density at radius 1 is 1.39 bits per heavy atom. The van der Waals surface area contributed by atoms with Crippen molar-refractivity contribution in [3.8, 4) is 0 Å². The van der Waals surface area contributed by atoms with Gasteiger partial charge in [0.2, 0.25) is 0 Å². The van der Waals surface area contributed by atoms with E-state index in [4.69, 9.17) is 11.6 Å². The van der Waals surface area contributed by atoms with Crippen molar-refractivity contribution in [3.63, 3.8) is 0 Å². The SMILES string of the molecule is CCCc1c(Cl)ncnc1N1CCN(C)CC1C. The molecule has 0 aliphatic carbocycles. The van der Waals surface area contributed by atoms with E-state index < -0.39 is 0 Å². The summed E-state index contributed by atoms with van der Waals surface area (Å²) in [5.41, 5.74) is 1.10. The van der Waals surface area contributed by atoms with Gasteiger partial charge >= 0.3 is 0 Å². The number of hydrogen-bond donors (Lipinski definition) is 0. The lowest BCUT2D eigenvalue weighted by molar-refractivity contribution is 0.274. The number of likely N-dealkylation sites (N-methyl/N-ethyl adjacent to an activating group) is 1. The molecule has 4 nitrogen and oxygen atoms in total. The highest BCUT2D eigenvalue weighted by Gasteiger charge is 2.25. The minimum absolute atomic E-state index is 0.463. The predicted molar refractivity (Wildman–Crippen MR) is 75.3 cm³/mol. The van der Waals surface area contributed by atoms with E-state index in [2.05, 4.69) is 40.7 Å². The number of nitrogens with zero attached hydrogens (tertiary/aromatic N) is 4. The number of halogens is 1. The Balaban J connectivity index is 2.29. The van der Waals surface area contributed by atoms with Crippen LogP contribution in [-0.4, -0.2) is 47.6 Å². The van der Waals surface area contributed by atoms with Gasteiger partial charge in [-0.3, -0.25) is 0 Å². The van der Waals surface area contributed by atoms with Crippen LogP contribution in [-0.2, 0) is 6.42 Å². The quantitative estimate of drug-likeness (QED) is 0.787. The first kappa shape index (κ1) is 13.6. The topological polar surface area (TPSA) is 32.3 Å². The molecule has 1 saturated heterocycles. The van der Waals surface area contributed by atoms with Crippen LogP contribution in [0.3, 0.4) is 0 Å². The van der Waals surface area contributed by atoms with Gasteiger partial charge in [0.15, 0.2) is 0 Å². The van der Waals surface area contributed by atoms with Crippen molar-refractivity contribution in [1.29, 1.82) is 0 Å². The van der Waals surface area contributed by atoms with Crippen molar-refractivity contribution < 1.29 is 0 Å². The molecule has 18 heavy (non-hydrogen) atoms. The van der Waals surface area contributed by atoms with E-state index in [9.17, 15) is 0 Å². The Hall–Kier alpha value is -0.870. The molecule has 1 aromatic heterocycles. The van der Waals surface area contributed by atoms with Gasteiger partial charge in [0, 0.05) is 31.2 Å². The molecule has 1 aromatic rings. The highest BCUT2D eigenvalue weighted by Crippen LogP contribution is 2.27. The van der Waals surface area contributed by atoms with Crippen LogP contribution in [0, 0.1) is 0 Å². The summed E-state index contributed by atoms with van der Waals surface area (Å²) < 4.78 is 0. The van der Waals surface area contributed by atoms with E-state index in [0.29, 0.717) is 11.2 Å². The zero-order chi connectivity index (χ0) is 13.1. The van der Waals surface area contributed by atoms with Crippen LogP contribution in [0.25, 0.3) is 0 Å². The molecule has 1 fully saturated rings. The Morgan fingerprint density at radius 3 is 2.83 bits per heavy atom. The molecule has 0 saturated carbocycles. The van der Waals surface area contributed by atoms with Crippen LogP contribution < -0.4 is 4.90 Å². The fraction of sp³-hybridized carbons (Fsp3) is 0.692. The number of aromatic nitrogens is 2. The second kappa shape index (κ2) is 5.85. The highest BCUT2D eigenvalue weighted by molar-refractivity contribution is 6.30. The summed E-state index contributed by atoms with van der Waals surface area (Å²) in [5.74, 6) is 1.03. The Labute approximate surface area is 114 Å². The average Bonchev–Trinajstić information content (AvgIpc) is 2.32. The van der Waals surface area contributed by atoms with E-state index >= 15 is 0 Å². The van der Waals surface area contributed by atoms with Crippen LogP contribution in [0.4, 0.5) is 5.82 Å². The van der Waals surface area contributed by atoms with Gasteiger partial charge in [-0.1, -0.05) is 24.9 Å². The summed E-state index contributed by atoms with van der Waals surface area (Å²) >= 11 is 6.22. The molecular weight excluding hydrogens is 248 g/mol. The third-order valence-electron chi connectivity index (χ3n) is 3.47. The number of piperazine rings is 1. The third kappa shape index (κ3) is 2.75. The fourth-order valence-corrected chi connectivity index (χ4v) is 2.77. The largest absolute Gasteiger partial charge is 0.351 e. The molecule has 0 N–H and O–H groups in total. The summed E-state index contributed by atoms with van der Waals surface area (Å²) in [5, 5.41) is 0.605. The molecule has 1 unspecified atom stereocenters. The molecule has 0 amide bonds. The van der Waals surface area contributed by atoms with Gasteiger partial charge in [0.25, 0.3) is 0 Å². The second-order valence-electron chi connectivity index (χ2n) is 5.02. The van der Waals surface area contributed by atoms with E-state index in [-0.39, 0.29) is 0 Å². The summed E-state index contributed by atoms with van der Waals surface area (Å²) in [6.07, 6.45) is 3.57. The number of rotatable bonds is 3. The van der Waals surface area contributed by atoms with Crippen LogP contribution in [0.1, 0.15) is 25.8 Å². The van der Waals surface area contributed by atoms with Crippen molar-refractivity contribution in [1.82, 2.24) is 14.9 Å². The maximum atomic E-state index is 6.22. The average molecular weight is 269 g/mol. The lowest BCUT2D eigenvalue weighted by atomic mass is 10.1. The summed E-state index contributed by atoms with van der Waals surface area (Å²) in [7, 11) is 2.16. The van der Waals surface area contributed by atoms with Crippen molar-refractivity contribution in [2.75, 3.05) is 31.6 Å². The molecule has 100 valence electrons. The van der Waals surface area contributed by atoms with Crippen LogP contribution >= 0.6 is 11.6 Å². The summed E-state index contributed by atoms with van der Waals surface area (Å²) in [6, 6.07) is 0.463. The molecule has 0 aromatic carbocycles. The molecule has 0 radical (unpaired) electrons. The van der Waals surface area contributed by atoms with Crippen LogP contribution in [0.15, 0.2) is 6.33 Å². The Morgan fingerprint density at radius 2 is 2.17 bits per heavy atom. The van der Waals surface area contributed by atoms with E-state index in [1.54, 1.807) is 6.33 Å². The van der Waals surface area contributed by atoms with Gasteiger partial charge in [0.1, 0.15) is 17.3 Å². The maximum Gasteiger partial charge on any atom is 0.137 e. The molecular formula is C13H21ClN4. The van der Waals surface area contributed by atoms with Crippen LogP contribution in [0.5, 0.6) is 0 Å². The lowest BCUT2D eigenvalue weighted by Crippen LogP contribution is -2.51. The van der Waals surface area contributed by atoms with Crippen molar-refractivity contribution >= 4 is 17.4 Å². The standard InChI is InChI=1S/C13H21ClN4/c1-4-5-11-12(14)15-9-16-13(11)18-7-6-17(3)8-10(18)2/h9-10H,4-8H2,1-3H3. The minimum Gasteiger partial charge on any atom is -0.351 e. The van der Waals surface area contributed by atoms with Gasteiger partial charge in [-0.2, -0.15) is 0 Å². The number of anilines is 1. The molecule has 1 aliphatic rings. The smallest absolute Gasteiger partial charge is 0.137 e. The van der Waals surface area contributed by atoms with Crippen LogP contribution in [0.2, 0.25) is 5.15 Å². The van der Waals surface area contributed by atoms with E-state index in [1.807, 2.05) is 0 Å². The van der Waals surface area contributed by atoms with Crippen molar-refractivity contribution in [3.05, 3.63) is 17.0 Å². The Kier molecular flexibility index (Phi) is 4.40. The van der Waals surface area contributed by atoms with E-state index in [1.165, 1.54) is 0 Å². The fourth-order valence-electron chi connectivity index (χ4n) is 2.55. The normalized spacial score (nSPS) is 21.3. The monoisotopic (exact) mass is 268 g/mol. The molecule has 1 aliphatic heterocycles. The van der Waals surface area contributed by atoms with Gasteiger partial charge in [-0.25, -0.2) is 9.97 Å². The molecule has 5 heteroatoms. The lowest BCUT2D eigenvalue weighted by Gasteiger charge is -2.39. The summed E-state index contributed by atoms with van der Waals surface area (Å²) in [6.45, 7) is 7.52. The minimum atomic E-state index is 0.463. The van der Waals surface area contributed by atoms with Gasteiger partial charge in [-0.05, 0) is 20.4 Å². The zero-order valence-corrected chi connectivity index (χ0v) is 12.1. The third-order valence-corrected chi connectivity index (χ3v) is 3.80. The van der Waals surface area contributed by atoms with Crippen molar-refractivity contribution in [2.24, 2.45) is 0 Å². The molecule has 2 heterocycles. The van der Waals surface area contributed by atoms with Gasteiger partial charge in [-0.15, -0.1) is 0 Å². The maximum absolute atomic E-state index is 6.22. The highest BCUT2D eigenvalue weighted by atomic mass is 35.5. The molecule has 0 bridgehead atoms. The summed E-state index contributed by atoms with van der Waals surface area (Å²) in [4.78, 5) is 13.3. The Bertz CT molecular complexity index is 410. The van der Waals surface area contributed by atoms with Gasteiger partial charge < -0.3 is 9.80 Å². The van der Waals surface area contributed by atoms with Gasteiger partial charge in [0.05, 0.1) is 0 Å². The predicted octanol–water partition coefficient (Wildman–Crippen LogP) is 2.22. The first-order chi connectivity index (χ1) is 8.63. The first-order valence-electron chi connectivity index (χ1n) is 6.58. The van der Waals surface area contributed by atoms with Crippen molar-refractivity contribution in [2.45, 2.75) is 32.7 Å². The number of hydrogen-bond acceptors (Lipinski definition) is 4. The second-order valence-corrected chi connectivity index (χ2v) is 5.38. The first-order valence-corrected chi connectivity index (χ1v) is 6.95. The zero-order valence-electron chi connectivity index (χ0n) is 11.4. The molecule has 1 atom stereocenters. The molecule has 0 spiro atoms.